The molecule has 0 fully saturated rings. The van der Waals surface area contributed by atoms with Crippen LogP contribution in [0.25, 0.3) is 126 Å². The predicted molar refractivity (Wildman–Crippen MR) is 451 cm³/mol. The first-order chi connectivity index (χ1) is 52.1. The fourth-order valence-electron chi connectivity index (χ4n) is 15.9. The van der Waals surface area contributed by atoms with E-state index in [0.717, 1.165) is 50.7 Å². The van der Waals surface area contributed by atoms with Gasteiger partial charge in [0, 0.05) is 55.1 Å². The van der Waals surface area contributed by atoms with Crippen LogP contribution in [0, 0.1) is 0 Å². The molecule has 1 aromatic heterocycles. The molecule has 18 aromatic carbocycles. The molecule has 0 amide bonds. The Balaban J connectivity index is 0.000000125. The fourth-order valence-corrected chi connectivity index (χ4v) is 16.2. The van der Waals surface area contributed by atoms with E-state index >= 15 is 0 Å². The average molecular weight is 1410 g/mol. The number of nitrogens with zero attached hydrogens (tertiary/aromatic N) is 3. The first kappa shape index (κ1) is 64.0. The molecule has 1 aliphatic carbocycles. The van der Waals surface area contributed by atoms with Crippen molar-refractivity contribution >= 4 is 115 Å². The van der Waals surface area contributed by atoms with Gasteiger partial charge in [-0.3, -0.25) is 0 Å². The molecule has 0 saturated carbocycles. The Morgan fingerprint density at radius 1 is 0.210 bits per heavy atom. The molecule has 0 spiro atoms. The third-order valence-electron chi connectivity index (χ3n) is 20.5. The molecule has 0 bridgehead atoms. The summed E-state index contributed by atoms with van der Waals surface area (Å²) in [6.45, 7) is 0. The largest absolute Gasteiger partial charge is 0.311 e. The van der Waals surface area contributed by atoms with Crippen molar-refractivity contribution in [3.63, 3.8) is 0 Å². The average Bonchev–Trinajstić information content (AvgIpc) is 1.72. The van der Waals surface area contributed by atoms with Crippen molar-refractivity contribution in [2.24, 2.45) is 0 Å². The number of fused-ring (bicyclic) bond motifs is 10. The SMILES string of the molecule is Brc1ccc(N(c2ccccc2)c2ccccc2)cc1.c1ccc(-c2c3ccccc3c(-c3ccc4c(c3)-c3ccccc3C4)c3ccccc23)cc1.c1ccc(-c2c3ccccc3c(-c3ccc4c(c3)c3ccccc3n4-c3ccc(N(c4ccccc4)c4ccccc4)cc3)c3ccccc23)cc1. The van der Waals surface area contributed by atoms with Crippen LogP contribution < -0.4 is 9.80 Å². The number of rotatable bonds is 11. The topological polar surface area (TPSA) is 11.4 Å². The van der Waals surface area contributed by atoms with Gasteiger partial charge in [-0.15, -0.1) is 0 Å². The zero-order valence-corrected chi connectivity index (χ0v) is 59.3. The van der Waals surface area contributed by atoms with Gasteiger partial charge in [0.05, 0.1) is 11.0 Å². The summed E-state index contributed by atoms with van der Waals surface area (Å²) in [6, 6.07) is 148. The van der Waals surface area contributed by atoms with E-state index in [1.54, 1.807) is 0 Å². The zero-order valence-electron chi connectivity index (χ0n) is 57.7. The van der Waals surface area contributed by atoms with E-state index in [-0.39, 0.29) is 0 Å². The van der Waals surface area contributed by atoms with Gasteiger partial charge in [-0.05, 0) is 238 Å². The fraction of sp³-hybridized carbons (Fsp3) is 0.00990. The Morgan fingerprint density at radius 3 is 0.943 bits per heavy atom. The van der Waals surface area contributed by atoms with E-state index in [1.165, 1.54) is 132 Å². The second-order valence-electron chi connectivity index (χ2n) is 26.7. The maximum absolute atomic E-state index is 3.49. The third-order valence-corrected chi connectivity index (χ3v) is 21.1. The highest BCUT2D eigenvalue weighted by atomic mass is 79.9. The van der Waals surface area contributed by atoms with E-state index in [0.29, 0.717) is 0 Å². The molecule has 0 unspecified atom stereocenters. The lowest BCUT2D eigenvalue weighted by Gasteiger charge is -2.25. The van der Waals surface area contributed by atoms with Crippen molar-refractivity contribution in [2.45, 2.75) is 6.42 Å². The lowest BCUT2D eigenvalue weighted by atomic mass is 9.85. The molecular weight excluding hydrogens is 1340 g/mol. The predicted octanol–water partition coefficient (Wildman–Crippen LogP) is 28.7. The van der Waals surface area contributed by atoms with Crippen molar-refractivity contribution in [1.82, 2.24) is 4.57 Å². The normalized spacial score (nSPS) is 11.4. The molecule has 0 N–H and O–H groups in total. The van der Waals surface area contributed by atoms with Crippen LogP contribution in [0.3, 0.4) is 0 Å². The highest BCUT2D eigenvalue weighted by Crippen LogP contribution is 2.49. The molecule has 0 saturated heterocycles. The molecule has 19 aromatic rings. The Morgan fingerprint density at radius 2 is 0.514 bits per heavy atom. The summed E-state index contributed by atoms with van der Waals surface area (Å²) >= 11 is 3.49. The minimum Gasteiger partial charge on any atom is -0.311 e. The summed E-state index contributed by atoms with van der Waals surface area (Å²) < 4.78 is 3.49. The number of aromatic nitrogens is 1. The monoisotopic (exact) mass is 1400 g/mol. The van der Waals surface area contributed by atoms with Crippen LogP contribution in [0.2, 0.25) is 0 Å². The van der Waals surface area contributed by atoms with Crippen LogP contribution in [-0.4, -0.2) is 4.57 Å². The van der Waals surface area contributed by atoms with Crippen molar-refractivity contribution in [3.8, 4) is 61.3 Å². The Hall–Kier alpha value is -13.1. The molecule has 0 radical (unpaired) electrons. The van der Waals surface area contributed by atoms with Crippen LogP contribution >= 0.6 is 15.9 Å². The quantitative estimate of drug-likeness (QED) is 0.120. The number of hydrogen-bond acceptors (Lipinski definition) is 2. The minimum atomic E-state index is 1.03. The van der Waals surface area contributed by atoms with E-state index < -0.39 is 0 Å². The Kier molecular flexibility index (Phi) is 17.3. The van der Waals surface area contributed by atoms with Crippen LogP contribution in [0.15, 0.2) is 417 Å². The second-order valence-corrected chi connectivity index (χ2v) is 27.6. The number of benzene rings is 18. The van der Waals surface area contributed by atoms with Gasteiger partial charge in [-0.1, -0.05) is 307 Å². The van der Waals surface area contributed by atoms with Crippen LogP contribution in [0.1, 0.15) is 11.1 Å². The van der Waals surface area contributed by atoms with Gasteiger partial charge in [0.1, 0.15) is 0 Å². The summed E-state index contributed by atoms with van der Waals surface area (Å²) in [5.74, 6) is 0. The van der Waals surface area contributed by atoms with Crippen LogP contribution in [0.4, 0.5) is 34.1 Å². The van der Waals surface area contributed by atoms with Gasteiger partial charge in [-0.2, -0.15) is 0 Å². The third kappa shape index (κ3) is 12.2. The highest BCUT2D eigenvalue weighted by Gasteiger charge is 2.24. The summed E-state index contributed by atoms with van der Waals surface area (Å²) in [5, 5.41) is 12.8. The molecule has 1 aliphatic rings. The highest BCUT2D eigenvalue weighted by molar-refractivity contribution is 9.10. The number of hydrogen-bond donors (Lipinski definition) is 0. The molecule has 20 rings (SSSR count). The van der Waals surface area contributed by atoms with E-state index in [9.17, 15) is 0 Å². The number of anilines is 6. The number of halogens is 1. The lowest BCUT2D eigenvalue weighted by Crippen LogP contribution is -2.09. The summed E-state index contributed by atoms with van der Waals surface area (Å²) in [4.78, 5) is 4.55. The van der Waals surface area contributed by atoms with Gasteiger partial charge in [0.25, 0.3) is 0 Å². The minimum absolute atomic E-state index is 1.03. The second kappa shape index (κ2) is 28.4. The molecule has 3 nitrogen and oxygen atoms in total. The van der Waals surface area contributed by atoms with Gasteiger partial charge >= 0.3 is 0 Å². The van der Waals surface area contributed by atoms with Gasteiger partial charge in [0.15, 0.2) is 0 Å². The summed E-state index contributed by atoms with van der Waals surface area (Å²) in [6.07, 6.45) is 1.03. The summed E-state index contributed by atoms with van der Waals surface area (Å²) in [5.41, 5.74) is 26.2. The molecule has 105 heavy (non-hydrogen) atoms. The molecule has 0 aliphatic heterocycles. The molecule has 1 heterocycles. The zero-order chi connectivity index (χ0) is 70.0. The standard InChI is InChI=1S/C50H34N2.C33H22.C18H14BrN/c1-4-16-35(17-5-1)49-42-23-10-12-25-44(42)50(45-26-13-11-24-43(45)49)36-28-33-48-46(34-36)41-22-14-15-27-47(41)52(48)40-31-29-39(30-32-40)51(37-18-6-2-7-19-37)38-20-8-3-9-21-38;1-2-10-22(11-3-1)32-27-14-6-8-16-29(27)33(30-17-9-7-15-28(30)32)25-19-18-24-20-23-12-4-5-13-26(23)31(24)21-25;19-15-11-13-18(14-12-15)20(16-7-3-1-4-8-16)17-9-5-2-6-10-17/h1-34H;1-19,21H,20H2;1-14H. The Bertz CT molecular complexity index is 6150. The Labute approximate surface area is 620 Å². The van der Waals surface area contributed by atoms with Gasteiger partial charge in [-0.25, -0.2) is 0 Å². The maximum Gasteiger partial charge on any atom is 0.0541 e. The molecular formula is C101H70BrN3. The van der Waals surface area contributed by atoms with Crippen molar-refractivity contribution in [2.75, 3.05) is 9.80 Å². The first-order valence-corrected chi connectivity index (χ1v) is 36.7. The van der Waals surface area contributed by atoms with Crippen LogP contribution in [0.5, 0.6) is 0 Å². The smallest absolute Gasteiger partial charge is 0.0541 e. The van der Waals surface area contributed by atoms with E-state index in [1.807, 2.05) is 12.1 Å². The van der Waals surface area contributed by atoms with Crippen molar-refractivity contribution in [1.29, 1.82) is 0 Å². The first-order valence-electron chi connectivity index (χ1n) is 36.0. The maximum atomic E-state index is 3.49. The van der Waals surface area contributed by atoms with Crippen molar-refractivity contribution < 1.29 is 0 Å². The number of para-hydroxylation sites is 5. The lowest BCUT2D eigenvalue weighted by molar-refractivity contribution is 1.17. The van der Waals surface area contributed by atoms with E-state index in [2.05, 4.69) is 431 Å². The molecule has 496 valence electrons. The summed E-state index contributed by atoms with van der Waals surface area (Å²) in [7, 11) is 0. The van der Waals surface area contributed by atoms with E-state index in [4.69, 9.17) is 0 Å². The van der Waals surface area contributed by atoms with Crippen LogP contribution in [-0.2, 0) is 6.42 Å². The van der Waals surface area contributed by atoms with Crippen molar-refractivity contribution in [3.05, 3.63) is 428 Å². The van der Waals surface area contributed by atoms with Gasteiger partial charge < -0.3 is 14.4 Å². The molecule has 0 atom stereocenters. The molecule has 4 heteroatoms. The van der Waals surface area contributed by atoms with Gasteiger partial charge in [0.2, 0.25) is 0 Å².